The maximum absolute atomic E-state index is 12.6. The second-order valence-electron chi connectivity index (χ2n) is 7.56. The topological polar surface area (TPSA) is 115 Å². The lowest BCUT2D eigenvalue weighted by molar-refractivity contribution is -0.113. The highest BCUT2D eigenvalue weighted by Gasteiger charge is 2.20. The second-order valence-corrected chi connectivity index (χ2v) is 8.50. The Balaban J connectivity index is 1.59. The Bertz CT molecular complexity index is 1180. The van der Waals surface area contributed by atoms with Gasteiger partial charge in [0.05, 0.1) is 24.5 Å². The van der Waals surface area contributed by atoms with Crippen LogP contribution in [0.2, 0.25) is 0 Å². The number of amides is 2. The first kappa shape index (κ1) is 25.0. The van der Waals surface area contributed by atoms with Gasteiger partial charge in [-0.05, 0) is 57.2 Å². The molecule has 0 spiro atoms. The third-order valence-electron chi connectivity index (χ3n) is 5.00. The number of carbonyl (C=O) groups excluding carboxylic acids is 3. The molecular weight excluding hydrogens is 454 g/mol. The number of aromatic nitrogens is 3. The van der Waals surface area contributed by atoms with Crippen LogP contribution in [0.4, 0.5) is 5.69 Å². The van der Waals surface area contributed by atoms with Crippen molar-refractivity contribution in [3.63, 3.8) is 0 Å². The average Bonchev–Trinajstić information content (AvgIpc) is 3.25. The molecule has 0 fully saturated rings. The molecule has 0 radical (unpaired) electrons. The molecule has 1 aromatic heterocycles. The highest BCUT2D eigenvalue weighted by atomic mass is 32.2. The molecule has 2 amide bonds. The lowest BCUT2D eigenvalue weighted by Crippen LogP contribution is -2.28. The number of benzene rings is 2. The van der Waals surface area contributed by atoms with E-state index in [4.69, 9.17) is 0 Å². The molecule has 3 rings (SSSR count). The minimum atomic E-state index is -0.438. The first-order valence-electron chi connectivity index (χ1n) is 10.7. The molecule has 0 unspecified atom stereocenters. The van der Waals surface area contributed by atoms with Crippen molar-refractivity contribution in [3.05, 3.63) is 71.0 Å². The molecule has 9 nitrogen and oxygen atoms in total. The van der Waals surface area contributed by atoms with Crippen LogP contribution in [0.1, 0.15) is 52.0 Å². The van der Waals surface area contributed by atoms with Crippen molar-refractivity contribution in [2.45, 2.75) is 38.5 Å². The Morgan fingerprint density at radius 2 is 1.82 bits per heavy atom. The standard InChI is InChI=1S/C24H27N5O4S/c1-5-29-21(16(3)25-22(31)18-8-6-7-15(2)13-18)27-28-24(29)34-14-20(30)26-19-11-9-17(10-12-19)23(32)33-4/h6-13,16H,5,14H2,1-4H3,(H,25,31)(H,26,30)/t16-/m1/s1. The van der Waals surface area contributed by atoms with Gasteiger partial charge in [0.1, 0.15) is 0 Å². The lowest BCUT2D eigenvalue weighted by atomic mass is 10.1. The summed E-state index contributed by atoms with van der Waals surface area (Å²) < 4.78 is 6.54. The molecule has 0 bridgehead atoms. The van der Waals surface area contributed by atoms with Crippen molar-refractivity contribution in [2.24, 2.45) is 0 Å². The van der Waals surface area contributed by atoms with E-state index in [0.717, 1.165) is 5.56 Å². The SMILES string of the molecule is CCn1c(SCC(=O)Nc2ccc(C(=O)OC)cc2)nnc1[C@@H](C)NC(=O)c1cccc(C)c1. The molecule has 0 aliphatic rings. The number of nitrogens with one attached hydrogen (secondary N) is 2. The minimum Gasteiger partial charge on any atom is -0.465 e. The van der Waals surface area contributed by atoms with E-state index in [-0.39, 0.29) is 23.6 Å². The van der Waals surface area contributed by atoms with Crippen molar-refractivity contribution in [1.29, 1.82) is 0 Å². The van der Waals surface area contributed by atoms with Crippen LogP contribution < -0.4 is 10.6 Å². The zero-order valence-electron chi connectivity index (χ0n) is 19.5. The Labute approximate surface area is 202 Å². The van der Waals surface area contributed by atoms with Crippen LogP contribution in [0.25, 0.3) is 0 Å². The number of carbonyl (C=O) groups is 3. The number of anilines is 1. The van der Waals surface area contributed by atoms with Gasteiger partial charge in [0.2, 0.25) is 5.91 Å². The molecule has 3 aromatic rings. The molecule has 0 saturated heterocycles. The van der Waals surface area contributed by atoms with Crippen molar-refractivity contribution in [1.82, 2.24) is 20.1 Å². The summed E-state index contributed by atoms with van der Waals surface area (Å²) in [5.74, 6) is -0.101. The van der Waals surface area contributed by atoms with Gasteiger partial charge in [0.15, 0.2) is 11.0 Å². The molecule has 0 saturated carbocycles. The summed E-state index contributed by atoms with van der Waals surface area (Å²) in [7, 11) is 1.31. The number of nitrogens with zero attached hydrogens (tertiary/aromatic N) is 3. The fraction of sp³-hybridized carbons (Fsp3) is 0.292. The van der Waals surface area contributed by atoms with E-state index in [2.05, 4.69) is 25.6 Å². The van der Waals surface area contributed by atoms with E-state index in [0.29, 0.717) is 34.3 Å². The fourth-order valence-corrected chi connectivity index (χ4v) is 4.10. The fourth-order valence-electron chi connectivity index (χ4n) is 3.29. The van der Waals surface area contributed by atoms with Crippen LogP contribution in [0.3, 0.4) is 0 Å². The molecule has 1 atom stereocenters. The summed E-state index contributed by atoms with van der Waals surface area (Å²) >= 11 is 1.26. The predicted octanol–water partition coefficient (Wildman–Crippen LogP) is 3.61. The molecule has 178 valence electrons. The van der Waals surface area contributed by atoms with Crippen molar-refractivity contribution in [3.8, 4) is 0 Å². The van der Waals surface area contributed by atoms with Crippen LogP contribution in [0.5, 0.6) is 0 Å². The van der Waals surface area contributed by atoms with E-state index >= 15 is 0 Å². The maximum atomic E-state index is 12.6. The summed E-state index contributed by atoms with van der Waals surface area (Å²) in [6, 6.07) is 13.5. The predicted molar refractivity (Wildman–Crippen MR) is 130 cm³/mol. The quantitative estimate of drug-likeness (QED) is 0.354. The van der Waals surface area contributed by atoms with Gasteiger partial charge in [0, 0.05) is 17.8 Å². The van der Waals surface area contributed by atoms with Crippen LogP contribution in [-0.2, 0) is 16.1 Å². The molecule has 2 N–H and O–H groups in total. The first-order valence-corrected chi connectivity index (χ1v) is 11.7. The number of ether oxygens (including phenoxy) is 1. The number of rotatable bonds is 9. The molecule has 34 heavy (non-hydrogen) atoms. The first-order chi connectivity index (χ1) is 16.3. The van der Waals surface area contributed by atoms with E-state index < -0.39 is 5.97 Å². The Morgan fingerprint density at radius 3 is 2.47 bits per heavy atom. The van der Waals surface area contributed by atoms with E-state index in [1.165, 1.54) is 18.9 Å². The normalized spacial score (nSPS) is 11.5. The van der Waals surface area contributed by atoms with Gasteiger partial charge in [-0.3, -0.25) is 9.59 Å². The van der Waals surface area contributed by atoms with E-state index in [1.807, 2.05) is 43.5 Å². The van der Waals surface area contributed by atoms with E-state index in [9.17, 15) is 14.4 Å². The highest BCUT2D eigenvalue weighted by molar-refractivity contribution is 7.99. The largest absolute Gasteiger partial charge is 0.465 e. The van der Waals surface area contributed by atoms with Crippen molar-refractivity contribution >= 4 is 35.2 Å². The summed E-state index contributed by atoms with van der Waals surface area (Å²) in [6.45, 7) is 6.33. The average molecular weight is 482 g/mol. The summed E-state index contributed by atoms with van der Waals surface area (Å²) in [4.78, 5) is 36.5. The number of methoxy groups -OCH3 is 1. The zero-order chi connectivity index (χ0) is 24.7. The Hall–Kier alpha value is -3.66. The van der Waals surface area contributed by atoms with Gasteiger partial charge >= 0.3 is 5.97 Å². The number of esters is 1. The molecular formula is C24H27N5O4S. The number of hydrogen-bond donors (Lipinski definition) is 2. The minimum absolute atomic E-state index is 0.126. The summed E-state index contributed by atoms with van der Waals surface area (Å²) in [5.41, 5.74) is 2.57. The molecule has 1 heterocycles. The summed E-state index contributed by atoms with van der Waals surface area (Å²) in [6.07, 6.45) is 0. The maximum Gasteiger partial charge on any atom is 0.337 e. The van der Waals surface area contributed by atoms with Gasteiger partial charge in [-0.1, -0.05) is 29.5 Å². The molecule has 0 aliphatic carbocycles. The van der Waals surface area contributed by atoms with Gasteiger partial charge < -0.3 is 19.9 Å². The zero-order valence-corrected chi connectivity index (χ0v) is 20.3. The van der Waals surface area contributed by atoms with E-state index in [1.54, 1.807) is 30.3 Å². The van der Waals surface area contributed by atoms with Gasteiger partial charge in [-0.15, -0.1) is 10.2 Å². The van der Waals surface area contributed by atoms with Crippen LogP contribution >= 0.6 is 11.8 Å². The summed E-state index contributed by atoms with van der Waals surface area (Å²) in [5, 5.41) is 14.8. The monoisotopic (exact) mass is 481 g/mol. The van der Waals surface area contributed by atoms with Crippen LogP contribution in [0, 0.1) is 6.92 Å². The molecule has 0 aliphatic heterocycles. The highest BCUT2D eigenvalue weighted by Crippen LogP contribution is 2.21. The van der Waals surface area contributed by atoms with Crippen molar-refractivity contribution < 1.29 is 19.1 Å². The smallest absolute Gasteiger partial charge is 0.337 e. The van der Waals surface area contributed by atoms with Gasteiger partial charge in [0.25, 0.3) is 5.91 Å². The second kappa shape index (κ2) is 11.5. The Kier molecular flexibility index (Phi) is 8.42. The lowest BCUT2D eigenvalue weighted by Gasteiger charge is -2.15. The third kappa shape index (κ3) is 6.22. The molecule has 2 aromatic carbocycles. The van der Waals surface area contributed by atoms with Gasteiger partial charge in [-0.25, -0.2) is 4.79 Å². The third-order valence-corrected chi connectivity index (χ3v) is 5.97. The van der Waals surface area contributed by atoms with Crippen LogP contribution in [0.15, 0.2) is 53.7 Å². The number of thioether (sulfide) groups is 1. The number of hydrogen-bond acceptors (Lipinski definition) is 7. The number of aryl methyl sites for hydroxylation is 1. The Morgan fingerprint density at radius 1 is 1.09 bits per heavy atom. The molecule has 10 heteroatoms. The van der Waals surface area contributed by atoms with Gasteiger partial charge in [-0.2, -0.15) is 0 Å². The van der Waals surface area contributed by atoms with Crippen molar-refractivity contribution in [2.75, 3.05) is 18.2 Å². The van der Waals surface area contributed by atoms with Crippen LogP contribution in [-0.4, -0.2) is 45.4 Å².